The number of carbonyl (C=O) groups excluding carboxylic acids is 2. The molecule has 0 radical (unpaired) electrons. The number of thiazole rings is 1. The van der Waals surface area contributed by atoms with Gasteiger partial charge in [-0.1, -0.05) is 48.5 Å². The van der Waals surface area contributed by atoms with Crippen molar-refractivity contribution in [2.45, 2.75) is 24.9 Å². The second kappa shape index (κ2) is 11.1. The normalized spacial score (nSPS) is 12.9. The van der Waals surface area contributed by atoms with Gasteiger partial charge in [0.25, 0.3) is 0 Å². The Balaban J connectivity index is 1.25. The molecule has 0 aliphatic heterocycles. The average molecular weight is 496 g/mol. The molecule has 10 heteroatoms. The van der Waals surface area contributed by atoms with E-state index in [1.807, 2.05) is 24.3 Å². The van der Waals surface area contributed by atoms with E-state index >= 15 is 0 Å². The van der Waals surface area contributed by atoms with Gasteiger partial charge in [-0.3, -0.25) is 10.1 Å². The maximum absolute atomic E-state index is 12.4. The van der Waals surface area contributed by atoms with Crippen LogP contribution >= 0.6 is 11.3 Å². The number of hydrogen-bond donors (Lipinski definition) is 3. The number of fused-ring (bicyclic) bond motifs is 3. The summed E-state index contributed by atoms with van der Waals surface area (Å²) >= 11 is 1.25. The Labute approximate surface area is 206 Å². The highest BCUT2D eigenvalue weighted by molar-refractivity contribution is 7.15. The van der Waals surface area contributed by atoms with E-state index in [9.17, 15) is 14.4 Å². The van der Waals surface area contributed by atoms with Crippen LogP contribution in [0.3, 0.4) is 0 Å². The highest BCUT2D eigenvalue weighted by Crippen LogP contribution is 2.44. The highest BCUT2D eigenvalue weighted by atomic mass is 32.1. The first-order chi connectivity index (χ1) is 17.0. The molecule has 1 unspecified atom stereocenters. The number of rotatable bonds is 10. The minimum absolute atomic E-state index is 0.0302. The molecule has 182 valence electrons. The number of carboxylic acid groups (broad SMARTS) is 1. The molecule has 2 aromatic carbocycles. The molecule has 1 aromatic heterocycles. The fourth-order valence-corrected chi connectivity index (χ4v) is 4.80. The fourth-order valence-electron chi connectivity index (χ4n) is 4.01. The van der Waals surface area contributed by atoms with E-state index in [4.69, 9.17) is 14.6 Å². The molecule has 1 atom stereocenters. The Bertz CT molecular complexity index is 1180. The van der Waals surface area contributed by atoms with E-state index in [2.05, 4.69) is 39.9 Å². The van der Waals surface area contributed by atoms with E-state index < -0.39 is 18.2 Å². The van der Waals surface area contributed by atoms with Gasteiger partial charge in [0.2, 0.25) is 5.91 Å². The van der Waals surface area contributed by atoms with Crippen molar-refractivity contribution in [3.63, 3.8) is 0 Å². The third-order valence-corrected chi connectivity index (χ3v) is 6.72. The lowest BCUT2D eigenvalue weighted by Crippen LogP contribution is -2.37. The van der Waals surface area contributed by atoms with Gasteiger partial charge in [0, 0.05) is 30.5 Å². The van der Waals surface area contributed by atoms with Gasteiger partial charge in [-0.2, -0.15) is 0 Å². The summed E-state index contributed by atoms with van der Waals surface area (Å²) in [5.41, 5.74) is 4.59. The van der Waals surface area contributed by atoms with Crippen LogP contribution in [0.1, 0.15) is 28.3 Å². The fraction of sp³-hybridized carbons (Fsp3) is 0.280. The third-order valence-electron chi connectivity index (χ3n) is 5.75. The molecule has 0 bridgehead atoms. The summed E-state index contributed by atoms with van der Waals surface area (Å²) in [6, 6.07) is 16.2. The zero-order valence-corrected chi connectivity index (χ0v) is 19.8. The lowest BCUT2D eigenvalue weighted by molar-refractivity contribution is -0.148. The van der Waals surface area contributed by atoms with Crippen molar-refractivity contribution in [2.75, 3.05) is 25.6 Å². The smallest absolute Gasteiger partial charge is 0.413 e. The Morgan fingerprint density at radius 3 is 2.37 bits per heavy atom. The van der Waals surface area contributed by atoms with Crippen molar-refractivity contribution in [3.8, 4) is 11.1 Å². The number of nitrogens with one attached hydrogen (secondary N) is 2. The van der Waals surface area contributed by atoms with Crippen LogP contribution < -0.4 is 10.6 Å². The molecule has 1 aliphatic carbocycles. The standard InChI is InChI=1S/C25H25N3O6S/c1-33-21(23(30)31)13-26-22(29)11-10-15-12-27-24(35-15)28-25(32)34-14-20-18-8-4-2-6-16(18)17-7-3-5-9-19(17)20/h2-9,12,20-21H,10-11,13-14H2,1H3,(H,26,29)(H,30,31)(H,27,28,32). The predicted octanol–water partition coefficient (Wildman–Crippen LogP) is 3.65. The number of aryl methyl sites for hydroxylation is 1. The Morgan fingerprint density at radius 1 is 1.09 bits per heavy atom. The van der Waals surface area contributed by atoms with Crippen molar-refractivity contribution in [3.05, 3.63) is 70.7 Å². The molecular weight excluding hydrogens is 470 g/mol. The lowest BCUT2D eigenvalue weighted by Gasteiger charge is -2.14. The number of carboxylic acids is 1. The van der Waals surface area contributed by atoms with Gasteiger partial charge in [-0.25, -0.2) is 14.6 Å². The number of benzene rings is 2. The number of nitrogens with zero attached hydrogens (tertiary/aromatic N) is 1. The number of anilines is 1. The van der Waals surface area contributed by atoms with Gasteiger partial charge in [0.1, 0.15) is 6.61 Å². The van der Waals surface area contributed by atoms with Gasteiger partial charge in [-0.05, 0) is 28.7 Å². The SMILES string of the molecule is COC(CNC(=O)CCc1cnc(NC(=O)OCC2c3ccccc3-c3ccccc32)s1)C(=O)O. The molecule has 3 N–H and O–H groups in total. The van der Waals surface area contributed by atoms with Gasteiger partial charge < -0.3 is 19.9 Å². The summed E-state index contributed by atoms with van der Waals surface area (Å²) < 4.78 is 10.3. The van der Waals surface area contributed by atoms with Crippen LogP contribution in [0.15, 0.2) is 54.7 Å². The monoisotopic (exact) mass is 495 g/mol. The van der Waals surface area contributed by atoms with E-state index in [1.54, 1.807) is 6.20 Å². The predicted molar refractivity (Wildman–Crippen MR) is 131 cm³/mol. The molecule has 0 saturated carbocycles. The average Bonchev–Trinajstić information content (AvgIpc) is 3.43. The maximum Gasteiger partial charge on any atom is 0.413 e. The van der Waals surface area contributed by atoms with Crippen LogP contribution in [0.4, 0.5) is 9.93 Å². The van der Waals surface area contributed by atoms with Crippen LogP contribution in [-0.4, -0.2) is 54.4 Å². The molecule has 0 fully saturated rings. The summed E-state index contributed by atoms with van der Waals surface area (Å²) in [6.07, 6.45) is 0.468. The quantitative estimate of drug-likeness (QED) is 0.392. The largest absolute Gasteiger partial charge is 0.479 e. The number of amides is 2. The van der Waals surface area contributed by atoms with Crippen LogP contribution in [0.2, 0.25) is 0 Å². The Morgan fingerprint density at radius 2 is 1.74 bits per heavy atom. The molecule has 1 heterocycles. The van der Waals surface area contributed by atoms with Crippen LogP contribution in [-0.2, 0) is 25.5 Å². The molecule has 9 nitrogen and oxygen atoms in total. The van der Waals surface area contributed by atoms with Crippen molar-refractivity contribution < 1.29 is 29.0 Å². The summed E-state index contributed by atoms with van der Waals surface area (Å²) in [5.74, 6) is -1.47. The van der Waals surface area contributed by atoms with Crippen molar-refractivity contribution in [1.82, 2.24) is 10.3 Å². The summed E-state index contributed by atoms with van der Waals surface area (Å²) in [4.78, 5) is 40.3. The van der Waals surface area contributed by atoms with E-state index in [1.165, 1.54) is 18.4 Å². The second-order valence-corrected chi connectivity index (χ2v) is 9.06. The first kappa shape index (κ1) is 24.4. The number of aliphatic carboxylic acids is 1. The zero-order valence-electron chi connectivity index (χ0n) is 19.0. The van der Waals surface area contributed by atoms with Crippen molar-refractivity contribution in [2.24, 2.45) is 0 Å². The molecule has 1 aliphatic rings. The first-order valence-electron chi connectivity index (χ1n) is 11.0. The molecule has 4 rings (SSSR count). The molecule has 0 spiro atoms. The molecule has 35 heavy (non-hydrogen) atoms. The Kier molecular flexibility index (Phi) is 7.74. The van der Waals surface area contributed by atoms with E-state index in [0.29, 0.717) is 11.6 Å². The van der Waals surface area contributed by atoms with Crippen molar-refractivity contribution in [1.29, 1.82) is 0 Å². The number of methoxy groups -OCH3 is 1. The third kappa shape index (κ3) is 5.84. The molecule has 3 aromatic rings. The second-order valence-electron chi connectivity index (χ2n) is 7.95. The highest BCUT2D eigenvalue weighted by Gasteiger charge is 2.29. The topological polar surface area (TPSA) is 127 Å². The van der Waals surface area contributed by atoms with Gasteiger partial charge in [-0.15, -0.1) is 11.3 Å². The number of aromatic nitrogens is 1. The van der Waals surface area contributed by atoms with Crippen LogP contribution in [0, 0.1) is 0 Å². The number of ether oxygens (including phenoxy) is 2. The number of carbonyl (C=O) groups is 3. The van der Waals surface area contributed by atoms with Gasteiger partial charge in [0.15, 0.2) is 11.2 Å². The maximum atomic E-state index is 12.4. The minimum Gasteiger partial charge on any atom is -0.479 e. The Hall–Kier alpha value is -3.76. The van der Waals surface area contributed by atoms with E-state index in [-0.39, 0.29) is 31.4 Å². The van der Waals surface area contributed by atoms with E-state index in [0.717, 1.165) is 27.1 Å². The summed E-state index contributed by atoms with van der Waals surface area (Å²) in [6.45, 7) is 0.0963. The van der Waals surface area contributed by atoms with Gasteiger partial charge in [0.05, 0.1) is 6.54 Å². The lowest BCUT2D eigenvalue weighted by atomic mass is 9.98. The number of hydrogen-bond acceptors (Lipinski definition) is 7. The molecule has 0 saturated heterocycles. The summed E-state index contributed by atoms with van der Waals surface area (Å²) in [5, 5.41) is 14.5. The zero-order chi connectivity index (χ0) is 24.8. The van der Waals surface area contributed by atoms with Crippen molar-refractivity contribution >= 4 is 34.4 Å². The van der Waals surface area contributed by atoms with Crippen LogP contribution in [0.5, 0.6) is 0 Å². The molecule has 2 amide bonds. The summed E-state index contributed by atoms with van der Waals surface area (Å²) in [7, 11) is 1.27. The molecular formula is C25H25N3O6S. The first-order valence-corrected chi connectivity index (χ1v) is 11.9. The minimum atomic E-state index is -1.14. The van der Waals surface area contributed by atoms with Gasteiger partial charge >= 0.3 is 12.1 Å². The van der Waals surface area contributed by atoms with Crippen LogP contribution in [0.25, 0.3) is 11.1 Å².